The van der Waals surface area contributed by atoms with Crippen LogP contribution in [0.5, 0.6) is 0 Å². The minimum Gasteiger partial charge on any atom is -0.481 e. The molecule has 1 aromatic rings. The van der Waals surface area contributed by atoms with Crippen molar-refractivity contribution < 1.29 is 14.3 Å². The molecule has 1 aliphatic rings. The Balaban J connectivity index is 2.33. The molecule has 0 atom stereocenters. The van der Waals surface area contributed by atoms with Crippen LogP contribution in [0.2, 0.25) is 0 Å². The van der Waals surface area contributed by atoms with Crippen LogP contribution in [0.15, 0.2) is 4.42 Å². The van der Waals surface area contributed by atoms with E-state index >= 15 is 0 Å². The molecular weight excluding hydrogens is 180 g/mol. The van der Waals surface area contributed by atoms with E-state index < -0.39 is 5.97 Å². The van der Waals surface area contributed by atoms with Gasteiger partial charge in [0.2, 0.25) is 0 Å². The van der Waals surface area contributed by atoms with Crippen molar-refractivity contribution in [2.24, 2.45) is 0 Å². The molecule has 0 amide bonds. The average Bonchev–Trinajstić information content (AvgIpc) is 2.44. The molecule has 1 aliphatic carbocycles. The minimum absolute atomic E-state index is 0.0127. The normalized spacial score (nSPS) is 15.2. The van der Waals surface area contributed by atoms with Gasteiger partial charge in [-0.15, -0.1) is 0 Å². The summed E-state index contributed by atoms with van der Waals surface area (Å²) in [6.45, 7) is 1.96. The summed E-state index contributed by atoms with van der Waals surface area (Å²) in [4.78, 5) is 10.6. The monoisotopic (exact) mass is 194 g/mol. The molecule has 3 nitrogen and oxygen atoms in total. The van der Waals surface area contributed by atoms with E-state index in [1.807, 2.05) is 6.92 Å². The summed E-state index contributed by atoms with van der Waals surface area (Å²) in [6.07, 6.45) is 4.38. The lowest BCUT2D eigenvalue weighted by molar-refractivity contribution is -0.136. The van der Waals surface area contributed by atoms with Gasteiger partial charge in [0.05, 0.1) is 0 Å². The molecular formula is C11H14O3. The first-order chi connectivity index (χ1) is 6.68. The number of aliphatic carboxylic acids is 1. The molecule has 3 heteroatoms. The fourth-order valence-corrected chi connectivity index (χ4v) is 2.09. The van der Waals surface area contributed by atoms with E-state index in [4.69, 9.17) is 9.52 Å². The molecule has 0 unspecified atom stereocenters. The molecule has 0 bridgehead atoms. The van der Waals surface area contributed by atoms with Crippen molar-refractivity contribution in [2.75, 3.05) is 0 Å². The van der Waals surface area contributed by atoms with Gasteiger partial charge in [0.25, 0.3) is 0 Å². The predicted octanol–water partition coefficient (Wildman–Crippen LogP) is 2.09. The first-order valence-electron chi connectivity index (χ1n) is 5.00. The van der Waals surface area contributed by atoms with Gasteiger partial charge in [0, 0.05) is 6.42 Å². The zero-order chi connectivity index (χ0) is 10.1. The Hall–Kier alpha value is -1.25. The van der Waals surface area contributed by atoms with Crippen LogP contribution in [0, 0.1) is 6.92 Å². The number of rotatable bonds is 2. The standard InChI is InChI=1S/C11H14O3/c1-7-8-4-2-3-5-9(8)14-10(7)6-11(12)13/h2-6H2,1H3,(H,12,13). The van der Waals surface area contributed by atoms with Crippen molar-refractivity contribution in [1.82, 2.24) is 0 Å². The maximum Gasteiger partial charge on any atom is 0.311 e. The lowest BCUT2D eigenvalue weighted by atomic mass is 9.95. The fourth-order valence-electron chi connectivity index (χ4n) is 2.09. The number of fused-ring (bicyclic) bond motifs is 1. The van der Waals surface area contributed by atoms with E-state index in [9.17, 15) is 4.79 Å². The summed E-state index contributed by atoms with van der Waals surface area (Å²) in [7, 11) is 0. The number of carboxylic acids is 1. The number of furan rings is 1. The molecule has 0 saturated carbocycles. The van der Waals surface area contributed by atoms with E-state index in [1.54, 1.807) is 0 Å². The van der Waals surface area contributed by atoms with Crippen molar-refractivity contribution in [3.05, 3.63) is 22.6 Å². The van der Waals surface area contributed by atoms with Crippen molar-refractivity contribution in [2.45, 2.75) is 39.0 Å². The summed E-state index contributed by atoms with van der Waals surface area (Å²) in [5.41, 5.74) is 2.31. The minimum atomic E-state index is -0.820. The van der Waals surface area contributed by atoms with E-state index in [0.29, 0.717) is 5.76 Å². The Morgan fingerprint density at radius 3 is 2.79 bits per heavy atom. The van der Waals surface area contributed by atoms with Crippen LogP contribution in [0.25, 0.3) is 0 Å². The SMILES string of the molecule is Cc1c(CC(=O)O)oc2c1CCCC2. The zero-order valence-corrected chi connectivity index (χ0v) is 8.30. The first-order valence-corrected chi connectivity index (χ1v) is 5.00. The lowest BCUT2D eigenvalue weighted by Gasteiger charge is -2.08. The highest BCUT2D eigenvalue weighted by atomic mass is 16.4. The van der Waals surface area contributed by atoms with Gasteiger partial charge in [0.15, 0.2) is 0 Å². The highest BCUT2D eigenvalue weighted by molar-refractivity contribution is 5.70. The second-order valence-corrected chi connectivity index (χ2v) is 3.83. The van der Waals surface area contributed by atoms with E-state index in [-0.39, 0.29) is 6.42 Å². The van der Waals surface area contributed by atoms with Crippen molar-refractivity contribution >= 4 is 5.97 Å². The molecule has 0 spiro atoms. The molecule has 1 N–H and O–H groups in total. The second kappa shape index (κ2) is 3.48. The van der Waals surface area contributed by atoms with Gasteiger partial charge >= 0.3 is 5.97 Å². The summed E-state index contributed by atoms with van der Waals surface area (Å²) in [5, 5.41) is 8.69. The van der Waals surface area contributed by atoms with Crippen molar-refractivity contribution in [3.8, 4) is 0 Å². The number of carboxylic acid groups (broad SMARTS) is 1. The first kappa shape index (κ1) is 9.31. The highest BCUT2D eigenvalue weighted by Crippen LogP contribution is 2.29. The quantitative estimate of drug-likeness (QED) is 0.784. The maximum atomic E-state index is 10.6. The summed E-state index contributed by atoms with van der Waals surface area (Å²) in [6, 6.07) is 0. The van der Waals surface area contributed by atoms with Gasteiger partial charge in [0.1, 0.15) is 17.9 Å². The fraction of sp³-hybridized carbons (Fsp3) is 0.545. The van der Waals surface area contributed by atoms with Gasteiger partial charge in [-0.1, -0.05) is 0 Å². The van der Waals surface area contributed by atoms with E-state index in [0.717, 1.165) is 30.6 Å². The predicted molar refractivity (Wildman–Crippen MR) is 51.4 cm³/mol. The van der Waals surface area contributed by atoms with Crippen LogP contribution in [0.4, 0.5) is 0 Å². The third-order valence-electron chi connectivity index (χ3n) is 2.85. The number of carbonyl (C=O) groups is 1. The van der Waals surface area contributed by atoms with Crippen LogP contribution in [0.1, 0.15) is 35.5 Å². The van der Waals surface area contributed by atoms with Gasteiger partial charge in [-0.2, -0.15) is 0 Å². The largest absolute Gasteiger partial charge is 0.481 e. The Morgan fingerprint density at radius 2 is 2.14 bits per heavy atom. The molecule has 1 aromatic heterocycles. The molecule has 0 radical (unpaired) electrons. The van der Waals surface area contributed by atoms with Gasteiger partial charge in [-0.25, -0.2) is 0 Å². The number of hydrogen-bond donors (Lipinski definition) is 1. The van der Waals surface area contributed by atoms with Gasteiger partial charge in [-0.3, -0.25) is 4.79 Å². The molecule has 1 heterocycles. The topological polar surface area (TPSA) is 50.4 Å². The van der Waals surface area contributed by atoms with Crippen LogP contribution < -0.4 is 0 Å². The Morgan fingerprint density at radius 1 is 1.43 bits per heavy atom. The number of hydrogen-bond acceptors (Lipinski definition) is 2. The smallest absolute Gasteiger partial charge is 0.311 e. The molecule has 0 aromatic carbocycles. The van der Waals surface area contributed by atoms with Crippen LogP contribution in [-0.4, -0.2) is 11.1 Å². The van der Waals surface area contributed by atoms with Crippen LogP contribution >= 0.6 is 0 Å². The van der Waals surface area contributed by atoms with Crippen LogP contribution in [0.3, 0.4) is 0 Å². The van der Waals surface area contributed by atoms with Crippen LogP contribution in [-0.2, 0) is 24.1 Å². The van der Waals surface area contributed by atoms with E-state index in [2.05, 4.69) is 0 Å². The third-order valence-corrected chi connectivity index (χ3v) is 2.85. The molecule has 14 heavy (non-hydrogen) atoms. The molecule has 0 saturated heterocycles. The molecule has 0 fully saturated rings. The average molecular weight is 194 g/mol. The summed E-state index contributed by atoms with van der Waals surface area (Å²) >= 11 is 0. The van der Waals surface area contributed by atoms with Gasteiger partial charge in [-0.05, 0) is 37.3 Å². The Labute approximate surface area is 82.7 Å². The van der Waals surface area contributed by atoms with Crippen molar-refractivity contribution in [1.29, 1.82) is 0 Å². The Kier molecular flexibility index (Phi) is 2.32. The number of aryl methyl sites for hydroxylation is 1. The summed E-state index contributed by atoms with van der Waals surface area (Å²) < 4.78 is 5.57. The highest BCUT2D eigenvalue weighted by Gasteiger charge is 2.20. The second-order valence-electron chi connectivity index (χ2n) is 3.83. The summed E-state index contributed by atoms with van der Waals surface area (Å²) in [5.74, 6) is 0.841. The van der Waals surface area contributed by atoms with Gasteiger partial charge < -0.3 is 9.52 Å². The molecule has 2 rings (SSSR count). The maximum absolute atomic E-state index is 10.6. The third kappa shape index (κ3) is 1.54. The zero-order valence-electron chi connectivity index (χ0n) is 8.30. The molecule has 76 valence electrons. The van der Waals surface area contributed by atoms with Crippen molar-refractivity contribution in [3.63, 3.8) is 0 Å². The van der Waals surface area contributed by atoms with E-state index in [1.165, 1.54) is 12.0 Å². The Bertz CT molecular complexity index is 363. The lowest BCUT2D eigenvalue weighted by Crippen LogP contribution is -2.01. The molecule has 0 aliphatic heterocycles.